The summed E-state index contributed by atoms with van der Waals surface area (Å²) in [5, 5.41) is 4.37. The summed E-state index contributed by atoms with van der Waals surface area (Å²) in [5.74, 6) is 6.39. The van der Waals surface area contributed by atoms with Crippen LogP contribution in [0.1, 0.15) is 52.5 Å². The SMILES string of the molecule is CC(CC(CCc1ccsc1)NN)CC(C)(C)C. The molecule has 0 bridgehead atoms. The van der Waals surface area contributed by atoms with Gasteiger partial charge in [0.05, 0.1) is 0 Å². The summed E-state index contributed by atoms with van der Waals surface area (Å²) in [4.78, 5) is 0. The van der Waals surface area contributed by atoms with Crippen LogP contribution in [-0.4, -0.2) is 6.04 Å². The molecule has 0 spiro atoms. The van der Waals surface area contributed by atoms with Gasteiger partial charge in [0.25, 0.3) is 0 Å². The lowest BCUT2D eigenvalue weighted by Gasteiger charge is -2.26. The molecule has 1 heterocycles. The first-order valence-electron chi connectivity index (χ1n) is 6.88. The van der Waals surface area contributed by atoms with Gasteiger partial charge in [-0.1, -0.05) is 27.7 Å². The molecule has 2 unspecified atom stereocenters. The van der Waals surface area contributed by atoms with Crippen molar-refractivity contribution in [2.45, 2.75) is 59.4 Å². The van der Waals surface area contributed by atoms with Crippen molar-refractivity contribution in [2.24, 2.45) is 17.2 Å². The first-order valence-corrected chi connectivity index (χ1v) is 7.82. The van der Waals surface area contributed by atoms with Gasteiger partial charge in [0.15, 0.2) is 0 Å². The summed E-state index contributed by atoms with van der Waals surface area (Å²) < 4.78 is 0. The second kappa shape index (κ2) is 7.27. The lowest BCUT2D eigenvalue weighted by Crippen LogP contribution is -2.37. The van der Waals surface area contributed by atoms with Crippen LogP contribution in [0, 0.1) is 11.3 Å². The standard InChI is InChI=1S/C15H28N2S/c1-12(10-15(2,3)4)9-14(17-16)6-5-13-7-8-18-11-13/h7-8,11-12,14,17H,5-6,9-10,16H2,1-4H3. The lowest BCUT2D eigenvalue weighted by atomic mass is 9.82. The minimum Gasteiger partial charge on any atom is -0.271 e. The van der Waals surface area contributed by atoms with E-state index in [1.54, 1.807) is 11.3 Å². The zero-order chi connectivity index (χ0) is 13.6. The van der Waals surface area contributed by atoms with Crippen LogP contribution in [0.4, 0.5) is 0 Å². The molecule has 3 heteroatoms. The Morgan fingerprint density at radius 2 is 2.11 bits per heavy atom. The average molecular weight is 268 g/mol. The molecule has 1 aromatic rings. The van der Waals surface area contributed by atoms with Crippen LogP contribution >= 0.6 is 11.3 Å². The Balaban J connectivity index is 2.32. The first kappa shape index (κ1) is 15.7. The van der Waals surface area contributed by atoms with E-state index >= 15 is 0 Å². The third-order valence-electron chi connectivity index (χ3n) is 3.24. The smallest absolute Gasteiger partial charge is 0.0216 e. The predicted octanol–water partition coefficient (Wildman–Crippen LogP) is 3.98. The number of hydrogen-bond acceptors (Lipinski definition) is 3. The van der Waals surface area contributed by atoms with Gasteiger partial charge in [-0.05, 0) is 59.4 Å². The molecule has 0 aromatic carbocycles. The number of hydrogen-bond donors (Lipinski definition) is 2. The van der Waals surface area contributed by atoms with Gasteiger partial charge in [0, 0.05) is 6.04 Å². The van der Waals surface area contributed by atoms with E-state index in [9.17, 15) is 0 Å². The van der Waals surface area contributed by atoms with Gasteiger partial charge in [-0.2, -0.15) is 11.3 Å². The van der Waals surface area contributed by atoms with E-state index in [1.165, 1.54) is 12.0 Å². The molecule has 18 heavy (non-hydrogen) atoms. The van der Waals surface area contributed by atoms with Gasteiger partial charge in [0.1, 0.15) is 0 Å². The number of thiophene rings is 1. The highest BCUT2D eigenvalue weighted by Gasteiger charge is 2.18. The fraction of sp³-hybridized carbons (Fsp3) is 0.733. The topological polar surface area (TPSA) is 38.0 Å². The van der Waals surface area contributed by atoms with Gasteiger partial charge in [0.2, 0.25) is 0 Å². The third-order valence-corrected chi connectivity index (χ3v) is 3.98. The van der Waals surface area contributed by atoms with Crippen molar-refractivity contribution >= 4 is 11.3 Å². The molecule has 1 aromatic heterocycles. The molecule has 0 fully saturated rings. The van der Waals surface area contributed by atoms with E-state index in [0.29, 0.717) is 17.4 Å². The number of nitrogens with one attached hydrogen (secondary N) is 1. The van der Waals surface area contributed by atoms with E-state index in [4.69, 9.17) is 5.84 Å². The maximum absolute atomic E-state index is 5.68. The monoisotopic (exact) mass is 268 g/mol. The molecule has 0 aliphatic heterocycles. The molecular formula is C15H28N2S. The summed E-state index contributed by atoms with van der Waals surface area (Å²) in [5.41, 5.74) is 4.83. The Kier molecular flexibility index (Phi) is 6.33. The number of aryl methyl sites for hydroxylation is 1. The molecule has 2 atom stereocenters. The molecule has 0 aliphatic carbocycles. The van der Waals surface area contributed by atoms with Gasteiger partial charge in [-0.25, -0.2) is 0 Å². The van der Waals surface area contributed by atoms with Crippen molar-refractivity contribution in [2.75, 3.05) is 0 Å². The summed E-state index contributed by atoms with van der Waals surface area (Å²) in [6.07, 6.45) is 4.67. The molecule has 0 amide bonds. The Hall–Kier alpha value is -0.380. The normalized spacial score (nSPS) is 15.6. The van der Waals surface area contributed by atoms with Crippen LogP contribution in [0.5, 0.6) is 0 Å². The van der Waals surface area contributed by atoms with Crippen molar-refractivity contribution in [3.05, 3.63) is 22.4 Å². The summed E-state index contributed by atoms with van der Waals surface area (Å²) in [6, 6.07) is 2.64. The van der Waals surface area contributed by atoms with Crippen LogP contribution in [-0.2, 0) is 6.42 Å². The lowest BCUT2D eigenvalue weighted by molar-refractivity contribution is 0.271. The Bertz CT molecular complexity index is 314. The van der Waals surface area contributed by atoms with Gasteiger partial charge in [-0.15, -0.1) is 0 Å². The molecule has 104 valence electrons. The van der Waals surface area contributed by atoms with Crippen molar-refractivity contribution in [1.82, 2.24) is 5.43 Å². The van der Waals surface area contributed by atoms with E-state index in [0.717, 1.165) is 19.3 Å². The second-order valence-corrected chi connectivity index (χ2v) is 7.42. The molecule has 2 nitrogen and oxygen atoms in total. The first-order chi connectivity index (χ1) is 8.40. The highest BCUT2D eigenvalue weighted by molar-refractivity contribution is 7.07. The quantitative estimate of drug-likeness (QED) is 0.580. The maximum atomic E-state index is 5.68. The van der Waals surface area contributed by atoms with Crippen LogP contribution in [0.2, 0.25) is 0 Å². The molecule has 1 rings (SSSR count). The summed E-state index contributed by atoms with van der Waals surface area (Å²) in [7, 11) is 0. The molecule has 0 radical (unpaired) electrons. The zero-order valence-corrected chi connectivity index (χ0v) is 13.0. The van der Waals surface area contributed by atoms with Crippen molar-refractivity contribution < 1.29 is 0 Å². The van der Waals surface area contributed by atoms with E-state index in [1.807, 2.05) is 0 Å². The summed E-state index contributed by atoms with van der Waals surface area (Å²) >= 11 is 1.77. The minimum absolute atomic E-state index is 0.409. The minimum atomic E-state index is 0.409. The Morgan fingerprint density at radius 3 is 2.61 bits per heavy atom. The van der Waals surface area contributed by atoms with Crippen LogP contribution in [0.3, 0.4) is 0 Å². The zero-order valence-electron chi connectivity index (χ0n) is 12.2. The van der Waals surface area contributed by atoms with Gasteiger partial charge < -0.3 is 0 Å². The highest BCUT2D eigenvalue weighted by atomic mass is 32.1. The van der Waals surface area contributed by atoms with E-state index in [2.05, 4.69) is 49.9 Å². The van der Waals surface area contributed by atoms with Crippen LogP contribution in [0.15, 0.2) is 16.8 Å². The summed E-state index contributed by atoms with van der Waals surface area (Å²) in [6.45, 7) is 9.25. The molecule has 0 aliphatic rings. The number of nitrogens with two attached hydrogens (primary N) is 1. The molecule has 0 saturated carbocycles. The van der Waals surface area contributed by atoms with Crippen molar-refractivity contribution in [3.63, 3.8) is 0 Å². The Labute approximate surface area is 116 Å². The number of hydrazine groups is 1. The van der Waals surface area contributed by atoms with Crippen molar-refractivity contribution in [1.29, 1.82) is 0 Å². The second-order valence-electron chi connectivity index (χ2n) is 6.64. The molecule has 3 N–H and O–H groups in total. The van der Waals surface area contributed by atoms with Crippen LogP contribution in [0.25, 0.3) is 0 Å². The van der Waals surface area contributed by atoms with Crippen LogP contribution < -0.4 is 11.3 Å². The fourth-order valence-electron chi connectivity index (χ4n) is 2.66. The molecular weight excluding hydrogens is 240 g/mol. The highest BCUT2D eigenvalue weighted by Crippen LogP contribution is 2.27. The van der Waals surface area contributed by atoms with E-state index < -0.39 is 0 Å². The molecule has 0 saturated heterocycles. The fourth-order valence-corrected chi connectivity index (χ4v) is 3.36. The Morgan fingerprint density at radius 1 is 1.39 bits per heavy atom. The predicted molar refractivity (Wildman–Crippen MR) is 81.6 cm³/mol. The van der Waals surface area contributed by atoms with Gasteiger partial charge in [-0.3, -0.25) is 11.3 Å². The maximum Gasteiger partial charge on any atom is 0.0216 e. The van der Waals surface area contributed by atoms with Gasteiger partial charge >= 0.3 is 0 Å². The largest absolute Gasteiger partial charge is 0.271 e. The number of rotatable bonds is 7. The van der Waals surface area contributed by atoms with Crippen molar-refractivity contribution in [3.8, 4) is 0 Å². The van der Waals surface area contributed by atoms with E-state index in [-0.39, 0.29) is 0 Å². The third kappa shape index (κ3) is 6.53. The average Bonchev–Trinajstić information content (AvgIpc) is 2.74.